The van der Waals surface area contributed by atoms with Crippen LogP contribution in [0.4, 0.5) is 11.9 Å². The fourth-order valence-corrected chi connectivity index (χ4v) is 1.54. The lowest BCUT2D eigenvalue weighted by atomic mass is 9.94. The first kappa shape index (κ1) is 14.4. The third kappa shape index (κ3) is 3.19. The summed E-state index contributed by atoms with van der Waals surface area (Å²) in [6.07, 6.45) is 1.53. The zero-order valence-electron chi connectivity index (χ0n) is 11.3. The molecule has 0 spiro atoms. The predicted molar refractivity (Wildman–Crippen MR) is 69.9 cm³/mol. The van der Waals surface area contributed by atoms with Crippen molar-refractivity contribution in [3.05, 3.63) is 0 Å². The Kier molecular flexibility index (Phi) is 5.08. The van der Waals surface area contributed by atoms with Gasteiger partial charge in [-0.05, 0) is 12.8 Å². The van der Waals surface area contributed by atoms with Crippen LogP contribution in [0.3, 0.4) is 0 Å². The number of hydrogen-bond acceptors (Lipinski definition) is 7. The zero-order chi connectivity index (χ0) is 13.6. The summed E-state index contributed by atoms with van der Waals surface area (Å²) in [6, 6.07) is 0.232. The van der Waals surface area contributed by atoms with E-state index in [2.05, 4.69) is 25.6 Å². The number of methoxy groups -OCH3 is 1. The van der Waals surface area contributed by atoms with Crippen LogP contribution in [0.1, 0.15) is 26.7 Å². The molecule has 0 fully saturated rings. The quantitative estimate of drug-likeness (QED) is 0.666. The van der Waals surface area contributed by atoms with Gasteiger partial charge in [0.2, 0.25) is 11.9 Å². The highest BCUT2D eigenvalue weighted by molar-refractivity contribution is 5.37. The molecule has 0 aliphatic rings. The zero-order valence-corrected chi connectivity index (χ0v) is 11.3. The molecule has 18 heavy (non-hydrogen) atoms. The molecule has 0 radical (unpaired) electrons. The summed E-state index contributed by atoms with van der Waals surface area (Å²) >= 11 is 0. The summed E-state index contributed by atoms with van der Waals surface area (Å²) < 4.78 is 5.01. The van der Waals surface area contributed by atoms with E-state index in [9.17, 15) is 5.11 Å². The lowest BCUT2D eigenvalue weighted by Gasteiger charge is -2.30. The van der Waals surface area contributed by atoms with E-state index in [0.717, 1.165) is 12.8 Å². The largest absolute Gasteiger partial charge is 0.467 e. The van der Waals surface area contributed by atoms with E-state index in [4.69, 9.17) is 4.74 Å². The van der Waals surface area contributed by atoms with E-state index in [1.807, 2.05) is 13.8 Å². The van der Waals surface area contributed by atoms with Gasteiger partial charge < -0.3 is 20.5 Å². The van der Waals surface area contributed by atoms with Gasteiger partial charge in [-0.15, -0.1) is 0 Å². The number of rotatable bonds is 7. The number of aromatic nitrogens is 3. The molecule has 0 bridgehead atoms. The average Bonchev–Trinajstić information content (AvgIpc) is 2.44. The van der Waals surface area contributed by atoms with Gasteiger partial charge in [-0.25, -0.2) is 0 Å². The molecule has 102 valence electrons. The van der Waals surface area contributed by atoms with Crippen molar-refractivity contribution >= 4 is 11.9 Å². The Labute approximate surface area is 107 Å². The van der Waals surface area contributed by atoms with Gasteiger partial charge in [0.1, 0.15) is 0 Å². The van der Waals surface area contributed by atoms with Crippen LogP contribution < -0.4 is 15.4 Å². The minimum absolute atomic E-state index is 0.0168. The topological polar surface area (TPSA) is 92.2 Å². The lowest BCUT2D eigenvalue weighted by molar-refractivity contribution is 0.201. The number of anilines is 2. The average molecular weight is 255 g/mol. The molecule has 0 aromatic carbocycles. The molecule has 0 saturated carbocycles. The number of hydrogen-bond donors (Lipinski definition) is 3. The molecule has 3 N–H and O–H groups in total. The van der Waals surface area contributed by atoms with Crippen molar-refractivity contribution < 1.29 is 9.84 Å². The van der Waals surface area contributed by atoms with E-state index in [1.165, 1.54) is 7.11 Å². The van der Waals surface area contributed by atoms with E-state index in [0.29, 0.717) is 11.9 Å². The fourth-order valence-electron chi connectivity index (χ4n) is 1.54. The second-order valence-electron chi connectivity index (χ2n) is 3.99. The molecule has 1 aromatic heterocycles. The molecule has 0 atom stereocenters. The minimum Gasteiger partial charge on any atom is -0.467 e. The van der Waals surface area contributed by atoms with Gasteiger partial charge in [0, 0.05) is 7.05 Å². The molecule has 0 unspecified atom stereocenters. The number of nitrogens with zero attached hydrogens (tertiary/aromatic N) is 3. The second-order valence-corrected chi connectivity index (χ2v) is 3.99. The molecule has 1 rings (SSSR count). The molecular formula is C11H21N5O2. The van der Waals surface area contributed by atoms with Crippen LogP contribution in [0.5, 0.6) is 6.01 Å². The monoisotopic (exact) mass is 255 g/mol. The van der Waals surface area contributed by atoms with Gasteiger partial charge in [0.25, 0.3) is 0 Å². The molecule has 0 aliphatic heterocycles. The third-order valence-electron chi connectivity index (χ3n) is 3.05. The Morgan fingerprint density at radius 1 is 1.17 bits per heavy atom. The Balaban J connectivity index is 3.01. The van der Waals surface area contributed by atoms with Crippen LogP contribution in [-0.2, 0) is 0 Å². The predicted octanol–water partition coefficient (Wildman–Crippen LogP) is 0.885. The minimum atomic E-state index is -0.419. The first-order chi connectivity index (χ1) is 8.62. The maximum absolute atomic E-state index is 9.51. The van der Waals surface area contributed by atoms with Crippen molar-refractivity contribution in [2.75, 3.05) is 31.4 Å². The normalized spacial score (nSPS) is 11.2. The summed E-state index contributed by atoms with van der Waals surface area (Å²) in [5.74, 6) is 0.812. The van der Waals surface area contributed by atoms with Gasteiger partial charge in [0.05, 0.1) is 19.3 Å². The second kappa shape index (κ2) is 6.34. The highest BCUT2D eigenvalue weighted by Gasteiger charge is 2.26. The van der Waals surface area contributed by atoms with Crippen LogP contribution in [0, 0.1) is 0 Å². The van der Waals surface area contributed by atoms with E-state index in [-0.39, 0.29) is 12.6 Å². The standard InChI is InChI=1S/C11H21N5O2/c1-5-11(6-2,7-17)16-9-13-8(12-3)14-10(15-9)18-4/h17H,5-7H2,1-4H3,(H2,12,13,14,15,16). The van der Waals surface area contributed by atoms with E-state index in [1.54, 1.807) is 7.05 Å². The highest BCUT2D eigenvalue weighted by Crippen LogP contribution is 2.21. The Hall–Kier alpha value is -1.63. The molecule has 1 aromatic rings. The van der Waals surface area contributed by atoms with Crippen molar-refractivity contribution in [3.8, 4) is 6.01 Å². The van der Waals surface area contributed by atoms with Crippen molar-refractivity contribution in [3.63, 3.8) is 0 Å². The third-order valence-corrected chi connectivity index (χ3v) is 3.05. The molecule has 1 heterocycles. The van der Waals surface area contributed by atoms with Crippen molar-refractivity contribution in [1.82, 2.24) is 15.0 Å². The summed E-state index contributed by atoms with van der Waals surface area (Å²) in [5.41, 5.74) is -0.419. The number of aliphatic hydroxyl groups excluding tert-OH is 1. The lowest BCUT2D eigenvalue weighted by Crippen LogP contribution is -2.41. The Bertz CT molecular complexity index is 351. The van der Waals surface area contributed by atoms with Gasteiger partial charge in [-0.3, -0.25) is 0 Å². The summed E-state index contributed by atoms with van der Waals surface area (Å²) in [4.78, 5) is 12.3. The SMILES string of the molecule is CCC(CC)(CO)Nc1nc(NC)nc(OC)n1. The first-order valence-electron chi connectivity index (χ1n) is 6.00. The van der Waals surface area contributed by atoms with Crippen LogP contribution in [0.25, 0.3) is 0 Å². The summed E-state index contributed by atoms with van der Waals surface area (Å²) in [7, 11) is 3.22. The molecule has 0 saturated heterocycles. The van der Waals surface area contributed by atoms with Gasteiger partial charge in [0.15, 0.2) is 0 Å². The summed E-state index contributed by atoms with van der Waals surface area (Å²) in [6.45, 7) is 4.02. The molecule has 7 nitrogen and oxygen atoms in total. The highest BCUT2D eigenvalue weighted by atomic mass is 16.5. The first-order valence-corrected chi connectivity index (χ1v) is 6.00. The Morgan fingerprint density at radius 3 is 2.22 bits per heavy atom. The van der Waals surface area contributed by atoms with Crippen LogP contribution >= 0.6 is 0 Å². The van der Waals surface area contributed by atoms with Gasteiger partial charge in [-0.2, -0.15) is 15.0 Å². The molecular weight excluding hydrogens is 234 g/mol. The van der Waals surface area contributed by atoms with Gasteiger partial charge in [-0.1, -0.05) is 13.8 Å². The van der Waals surface area contributed by atoms with Gasteiger partial charge >= 0.3 is 6.01 Å². The molecule has 0 amide bonds. The number of ether oxygens (including phenoxy) is 1. The molecule has 0 aliphatic carbocycles. The number of nitrogens with one attached hydrogen (secondary N) is 2. The fraction of sp³-hybridized carbons (Fsp3) is 0.727. The number of aliphatic hydroxyl groups is 1. The van der Waals surface area contributed by atoms with Crippen molar-refractivity contribution in [2.45, 2.75) is 32.2 Å². The van der Waals surface area contributed by atoms with Crippen molar-refractivity contribution in [2.24, 2.45) is 0 Å². The maximum atomic E-state index is 9.51. The van der Waals surface area contributed by atoms with Crippen LogP contribution in [0.15, 0.2) is 0 Å². The summed E-state index contributed by atoms with van der Waals surface area (Å²) in [5, 5.41) is 15.5. The molecule has 7 heteroatoms. The van der Waals surface area contributed by atoms with Crippen LogP contribution in [-0.4, -0.2) is 46.4 Å². The smallest absolute Gasteiger partial charge is 0.322 e. The van der Waals surface area contributed by atoms with E-state index < -0.39 is 5.54 Å². The Morgan fingerprint density at radius 2 is 1.78 bits per heavy atom. The van der Waals surface area contributed by atoms with Crippen LogP contribution in [0.2, 0.25) is 0 Å². The maximum Gasteiger partial charge on any atom is 0.322 e. The van der Waals surface area contributed by atoms with Crippen molar-refractivity contribution in [1.29, 1.82) is 0 Å². The van der Waals surface area contributed by atoms with E-state index >= 15 is 0 Å².